The third-order valence-corrected chi connectivity index (χ3v) is 14.3. The summed E-state index contributed by atoms with van der Waals surface area (Å²) in [5.74, 6) is 0.289. The standard InChI is InChI=1S/C43H72N2O10/c1-11-26-14-13-15-36(55-38-17-16-35(45(6)7)24(4)51-38)23(3)39(47)33-20-29-28-18-27(54-43-42(50-10)41(49-9)40(48-8)25(5)52-43)19-32(28)34(44-12-2)21-30(29)31(33)22-37(46)53-26/h20,23-32,34-36,38,40-44H,11-19,21-22H2,1-10H3/t23-,24?,25?,26+,27+,28+,29+,30-,31+,32-,34-,35+,36+,38+,40+,41?,42+,43+/m1/s1. The number of esters is 1. The highest BCUT2D eigenvalue weighted by molar-refractivity contribution is 5.99. The van der Waals surface area contributed by atoms with Crippen molar-refractivity contribution in [1.29, 1.82) is 0 Å². The first-order valence-corrected chi connectivity index (χ1v) is 21.5. The number of nitrogens with zero attached hydrogens (tertiary/aromatic N) is 1. The van der Waals surface area contributed by atoms with Gasteiger partial charge in [0.1, 0.15) is 24.4 Å². The molecule has 6 aliphatic rings. The minimum Gasteiger partial charge on any atom is -0.462 e. The summed E-state index contributed by atoms with van der Waals surface area (Å²) in [6.45, 7) is 11.2. The first-order chi connectivity index (χ1) is 26.4. The fourth-order valence-corrected chi connectivity index (χ4v) is 11.5. The van der Waals surface area contributed by atoms with Crippen molar-refractivity contribution in [3.63, 3.8) is 0 Å². The molecule has 0 radical (unpaired) electrons. The Balaban J connectivity index is 1.25. The van der Waals surface area contributed by atoms with E-state index in [1.807, 2.05) is 13.8 Å². The van der Waals surface area contributed by atoms with E-state index in [9.17, 15) is 9.59 Å². The highest BCUT2D eigenvalue weighted by Crippen LogP contribution is 2.57. The van der Waals surface area contributed by atoms with Crippen LogP contribution in [0.5, 0.6) is 0 Å². The van der Waals surface area contributed by atoms with Crippen LogP contribution in [0.1, 0.15) is 98.8 Å². The number of ether oxygens (including phenoxy) is 8. The number of fused-ring (bicyclic) bond motifs is 5. The molecule has 2 saturated carbocycles. The molecule has 55 heavy (non-hydrogen) atoms. The van der Waals surface area contributed by atoms with Gasteiger partial charge in [-0.2, -0.15) is 0 Å². The molecule has 3 aliphatic carbocycles. The van der Waals surface area contributed by atoms with E-state index >= 15 is 0 Å². The quantitative estimate of drug-likeness (QED) is 0.274. The van der Waals surface area contributed by atoms with Crippen LogP contribution in [0.2, 0.25) is 0 Å². The lowest BCUT2D eigenvalue weighted by Crippen LogP contribution is -2.59. The van der Waals surface area contributed by atoms with E-state index in [2.05, 4.69) is 51.2 Å². The highest BCUT2D eigenvalue weighted by atomic mass is 16.7. The molecule has 3 saturated heterocycles. The summed E-state index contributed by atoms with van der Waals surface area (Å²) in [4.78, 5) is 30.8. The molecule has 3 aliphatic heterocycles. The van der Waals surface area contributed by atoms with Gasteiger partial charge in [0, 0.05) is 45.2 Å². The van der Waals surface area contributed by atoms with Gasteiger partial charge in [-0.1, -0.05) is 26.8 Å². The number of likely N-dealkylation sites (N-methyl/N-ethyl adjacent to an activating group) is 1. The largest absolute Gasteiger partial charge is 0.462 e. The number of carbonyl (C=O) groups excluding carboxylic acids is 2. The minimum atomic E-state index is -0.600. The van der Waals surface area contributed by atoms with E-state index in [1.165, 1.54) is 0 Å². The number of carbonyl (C=O) groups is 2. The third kappa shape index (κ3) is 9.23. The summed E-state index contributed by atoms with van der Waals surface area (Å²) in [6.07, 6.45) is 7.23. The van der Waals surface area contributed by atoms with Crippen molar-refractivity contribution >= 4 is 11.8 Å². The predicted molar refractivity (Wildman–Crippen MR) is 207 cm³/mol. The van der Waals surface area contributed by atoms with Crippen molar-refractivity contribution in [3.8, 4) is 0 Å². The van der Waals surface area contributed by atoms with Gasteiger partial charge in [0.2, 0.25) is 0 Å². The summed E-state index contributed by atoms with van der Waals surface area (Å²) in [6, 6.07) is 0.580. The van der Waals surface area contributed by atoms with Gasteiger partial charge < -0.3 is 48.1 Å². The normalized spacial score (nSPS) is 45.5. The lowest BCUT2D eigenvalue weighted by Gasteiger charge is -2.44. The van der Waals surface area contributed by atoms with Crippen LogP contribution < -0.4 is 5.32 Å². The van der Waals surface area contributed by atoms with E-state index in [0.717, 1.165) is 63.5 Å². The second-order valence-electron chi connectivity index (χ2n) is 17.6. The molecule has 1 N–H and O–H groups in total. The lowest BCUT2D eigenvalue weighted by molar-refractivity contribution is -0.314. The Hall–Kier alpha value is -1.48. The van der Waals surface area contributed by atoms with Gasteiger partial charge in [0.05, 0.1) is 30.8 Å². The lowest BCUT2D eigenvalue weighted by atomic mass is 9.64. The molecule has 18 atom stereocenters. The van der Waals surface area contributed by atoms with Crippen molar-refractivity contribution in [2.24, 2.45) is 35.5 Å². The fraction of sp³-hybridized carbons (Fsp3) is 0.907. The summed E-state index contributed by atoms with van der Waals surface area (Å²) < 4.78 is 50.1. The van der Waals surface area contributed by atoms with Crippen molar-refractivity contribution < 1.29 is 47.5 Å². The molecule has 0 amide bonds. The van der Waals surface area contributed by atoms with Gasteiger partial charge in [-0.15, -0.1) is 0 Å². The van der Waals surface area contributed by atoms with Crippen LogP contribution in [0.3, 0.4) is 0 Å². The summed E-state index contributed by atoms with van der Waals surface area (Å²) >= 11 is 0. The first kappa shape index (κ1) is 43.1. The maximum Gasteiger partial charge on any atom is 0.306 e. The molecule has 0 aromatic rings. The number of methoxy groups -OCH3 is 3. The highest BCUT2D eigenvalue weighted by Gasteiger charge is 2.56. The Morgan fingerprint density at radius 3 is 2.20 bits per heavy atom. The molecule has 3 heterocycles. The number of cyclic esters (lactones) is 1. The topological polar surface area (TPSA) is 123 Å². The van der Waals surface area contributed by atoms with E-state index in [1.54, 1.807) is 21.3 Å². The number of hydrogen-bond donors (Lipinski definition) is 1. The van der Waals surface area contributed by atoms with Crippen molar-refractivity contribution in [3.05, 3.63) is 11.6 Å². The SMILES string of the molecule is CCN[C@@H]1C[C@@H]2[C@@H](C=C3C(=O)[C@H](C)[C@@H](O[C@H]4CC[C@H](N(C)C)C(C)O4)CCC[C@H](CC)OC(=O)C[C@H]32)[C@@H]2C[C@H](O[C@@H]3OC(C)[C@H](OC)C(OC)[C@@H]3OC)C[C@H]21. The van der Waals surface area contributed by atoms with Crippen LogP contribution in [0.4, 0.5) is 0 Å². The zero-order chi connectivity index (χ0) is 39.6. The van der Waals surface area contributed by atoms with Gasteiger partial charge in [0.25, 0.3) is 0 Å². The smallest absolute Gasteiger partial charge is 0.306 e. The van der Waals surface area contributed by atoms with Gasteiger partial charge in [-0.25, -0.2) is 0 Å². The number of allylic oxidation sites excluding steroid dienone is 2. The minimum absolute atomic E-state index is 0.0360. The second kappa shape index (κ2) is 19.1. The molecule has 12 nitrogen and oxygen atoms in total. The zero-order valence-corrected chi connectivity index (χ0v) is 35.3. The number of rotatable bonds is 11. The summed E-state index contributed by atoms with van der Waals surface area (Å²) in [5, 5.41) is 3.82. The maximum atomic E-state index is 14.9. The average Bonchev–Trinajstić information content (AvgIpc) is 3.74. The van der Waals surface area contributed by atoms with Gasteiger partial charge in [0.15, 0.2) is 18.4 Å². The predicted octanol–water partition coefficient (Wildman–Crippen LogP) is 5.30. The van der Waals surface area contributed by atoms with Crippen LogP contribution >= 0.6 is 0 Å². The number of ketones is 1. The molecule has 0 aromatic heterocycles. The van der Waals surface area contributed by atoms with Crippen LogP contribution in [-0.4, -0.2) is 132 Å². The molecule has 3 unspecified atom stereocenters. The van der Waals surface area contributed by atoms with Crippen LogP contribution in [0.15, 0.2) is 11.6 Å². The average molecular weight is 777 g/mol. The Morgan fingerprint density at radius 2 is 1.55 bits per heavy atom. The Kier molecular flexibility index (Phi) is 14.9. The third-order valence-electron chi connectivity index (χ3n) is 14.3. The van der Waals surface area contributed by atoms with Crippen molar-refractivity contribution in [2.45, 2.75) is 172 Å². The Labute approximate surface area is 330 Å². The monoisotopic (exact) mass is 777 g/mol. The molecule has 0 bridgehead atoms. The first-order valence-electron chi connectivity index (χ1n) is 21.5. The molecule has 314 valence electrons. The molecule has 12 heteroatoms. The Morgan fingerprint density at radius 1 is 0.818 bits per heavy atom. The number of nitrogens with one attached hydrogen (secondary N) is 1. The second-order valence-corrected chi connectivity index (χ2v) is 17.6. The number of Topliss-reactive ketones (excluding diaryl/α,β-unsaturated/α-hetero) is 1. The van der Waals surface area contributed by atoms with Crippen molar-refractivity contribution in [2.75, 3.05) is 42.0 Å². The Bertz CT molecular complexity index is 1310. The van der Waals surface area contributed by atoms with Gasteiger partial charge in [-0.3, -0.25) is 9.59 Å². The van der Waals surface area contributed by atoms with Gasteiger partial charge in [-0.05, 0) is 122 Å². The molecule has 6 rings (SSSR count). The van der Waals surface area contributed by atoms with Crippen LogP contribution in [0.25, 0.3) is 0 Å². The molecule has 5 fully saturated rings. The van der Waals surface area contributed by atoms with Crippen molar-refractivity contribution in [1.82, 2.24) is 10.2 Å². The molecule has 0 spiro atoms. The molecular formula is C43H72N2O10. The fourth-order valence-electron chi connectivity index (χ4n) is 11.5. The van der Waals surface area contributed by atoms with E-state index in [4.69, 9.17) is 37.9 Å². The zero-order valence-electron chi connectivity index (χ0n) is 35.3. The van der Waals surface area contributed by atoms with E-state index in [0.29, 0.717) is 18.4 Å². The summed E-state index contributed by atoms with van der Waals surface area (Å²) in [5.41, 5.74) is 0.796. The molecule has 0 aromatic carbocycles. The van der Waals surface area contributed by atoms with Crippen LogP contribution in [-0.2, 0) is 47.5 Å². The number of hydrogen-bond acceptors (Lipinski definition) is 12. The summed E-state index contributed by atoms with van der Waals surface area (Å²) in [7, 11) is 9.19. The maximum absolute atomic E-state index is 14.9. The molecular weight excluding hydrogens is 704 g/mol. The van der Waals surface area contributed by atoms with Gasteiger partial charge >= 0.3 is 5.97 Å². The van der Waals surface area contributed by atoms with E-state index < -0.39 is 12.4 Å². The van der Waals surface area contributed by atoms with Crippen LogP contribution in [0, 0.1) is 35.5 Å². The van der Waals surface area contributed by atoms with E-state index in [-0.39, 0.29) is 103 Å².